The third kappa shape index (κ3) is 3.30. The standard InChI is InChI=1S/C14H19BrFN5/c1-3-11-14(15)13(21(4-2)20-11)7-12(19-17)9-5-6-18-8-10(9)16/h5-6,8,12,19H,3-4,7,17H2,1-2H3. The van der Waals surface area contributed by atoms with Gasteiger partial charge in [0.1, 0.15) is 5.82 Å². The van der Waals surface area contributed by atoms with E-state index >= 15 is 0 Å². The SMILES string of the molecule is CCc1nn(CC)c(CC(NN)c2ccncc2F)c1Br. The molecule has 5 nitrogen and oxygen atoms in total. The van der Waals surface area contributed by atoms with Crippen LogP contribution in [0.15, 0.2) is 22.9 Å². The molecule has 1 atom stereocenters. The largest absolute Gasteiger partial charge is 0.271 e. The van der Waals surface area contributed by atoms with Crippen molar-refractivity contribution >= 4 is 15.9 Å². The predicted molar refractivity (Wildman–Crippen MR) is 82.9 cm³/mol. The normalized spacial score (nSPS) is 12.6. The van der Waals surface area contributed by atoms with Crippen molar-refractivity contribution in [2.45, 2.75) is 39.3 Å². The Labute approximate surface area is 131 Å². The molecule has 7 heteroatoms. The zero-order valence-electron chi connectivity index (χ0n) is 12.1. The molecule has 2 aromatic rings. The smallest absolute Gasteiger partial charge is 0.146 e. The van der Waals surface area contributed by atoms with Crippen LogP contribution in [0.25, 0.3) is 0 Å². The Morgan fingerprint density at radius 3 is 2.81 bits per heavy atom. The van der Waals surface area contributed by atoms with Crippen molar-refractivity contribution in [2.75, 3.05) is 0 Å². The van der Waals surface area contributed by atoms with E-state index in [1.165, 1.54) is 6.20 Å². The highest BCUT2D eigenvalue weighted by Gasteiger charge is 2.21. The van der Waals surface area contributed by atoms with Crippen molar-refractivity contribution in [3.05, 3.63) is 45.7 Å². The first-order valence-corrected chi connectivity index (χ1v) is 7.71. The Balaban J connectivity index is 2.35. The van der Waals surface area contributed by atoms with Crippen LogP contribution in [0.1, 0.15) is 36.8 Å². The lowest BCUT2D eigenvalue weighted by Crippen LogP contribution is -2.31. The number of hydrazine groups is 1. The molecule has 0 aliphatic rings. The summed E-state index contributed by atoms with van der Waals surface area (Å²) in [4.78, 5) is 3.77. The molecular formula is C14H19BrFN5. The number of rotatable bonds is 6. The zero-order valence-corrected chi connectivity index (χ0v) is 13.7. The van der Waals surface area contributed by atoms with Gasteiger partial charge < -0.3 is 0 Å². The molecule has 2 rings (SSSR count). The predicted octanol–water partition coefficient (Wildman–Crippen LogP) is 2.51. The summed E-state index contributed by atoms with van der Waals surface area (Å²) in [5, 5.41) is 4.55. The minimum Gasteiger partial charge on any atom is -0.271 e. The fraction of sp³-hybridized carbons (Fsp3) is 0.429. The number of hydrogen-bond acceptors (Lipinski definition) is 4. The molecule has 0 aromatic carbocycles. The number of pyridine rings is 1. The van der Waals surface area contributed by atoms with Crippen LogP contribution in [-0.2, 0) is 19.4 Å². The summed E-state index contributed by atoms with van der Waals surface area (Å²) < 4.78 is 16.8. The molecule has 0 fully saturated rings. The minimum absolute atomic E-state index is 0.337. The van der Waals surface area contributed by atoms with Gasteiger partial charge in [-0.15, -0.1) is 0 Å². The van der Waals surface area contributed by atoms with Crippen molar-refractivity contribution in [3.8, 4) is 0 Å². The Kier molecular flexibility index (Phi) is 5.44. The molecular weight excluding hydrogens is 337 g/mol. The second kappa shape index (κ2) is 7.11. The second-order valence-electron chi connectivity index (χ2n) is 4.70. The lowest BCUT2D eigenvalue weighted by molar-refractivity contribution is 0.487. The molecule has 0 amide bonds. The van der Waals surface area contributed by atoms with Crippen LogP contribution in [-0.4, -0.2) is 14.8 Å². The topological polar surface area (TPSA) is 68.8 Å². The van der Waals surface area contributed by atoms with E-state index in [0.29, 0.717) is 12.0 Å². The maximum absolute atomic E-state index is 13.9. The quantitative estimate of drug-likeness (QED) is 0.617. The van der Waals surface area contributed by atoms with Gasteiger partial charge >= 0.3 is 0 Å². The molecule has 0 saturated carbocycles. The van der Waals surface area contributed by atoms with E-state index in [9.17, 15) is 4.39 Å². The average molecular weight is 356 g/mol. The van der Waals surface area contributed by atoms with Crippen molar-refractivity contribution in [3.63, 3.8) is 0 Å². The maximum atomic E-state index is 13.9. The fourth-order valence-electron chi connectivity index (χ4n) is 2.33. The molecule has 0 aliphatic carbocycles. The monoisotopic (exact) mass is 355 g/mol. The van der Waals surface area contributed by atoms with Gasteiger partial charge in [-0.1, -0.05) is 6.92 Å². The summed E-state index contributed by atoms with van der Waals surface area (Å²) >= 11 is 3.59. The van der Waals surface area contributed by atoms with Gasteiger partial charge in [-0.2, -0.15) is 5.10 Å². The number of aromatic nitrogens is 3. The van der Waals surface area contributed by atoms with Gasteiger partial charge in [-0.3, -0.25) is 20.9 Å². The Morgan fingerprint density at radius 2 is 2.24 bits per heavy atom. The fourth-order valence-corrected chi connectivity index (χ4v) is 3.06. The molecule has 21 heavy (non-hydrogen) atoms. The first-order valence-electron chi connectivity index (χ1n) is 6.91. The molecule has 3 N–H and O–H groups in total. The van der Waals surface area contributed by atoms with E-state index in [2.05, 4.69) is 38.4 Å². The van der Waals surface area contributed by atoms with E-state index in [1.807, 2.05) is 11.6 Å². The molecule has 0 spiro atoms. The molecule has 0 aliphatic heterocycles. The molecule has 2 aromatic heterocycles. The van der Waals surface area contributed by atoms with Crippen LogP contribution in [0, 0.1) is 5.82 Å². The molecule has 1 unspecified atom stereocenters. The highest BCUT2D eigenvalue weighted by molar-refractivity contribution is 9.10. The van der Waals surface area contributed by atoms with Crippen molar-refractivity contribution in [2.24, 2.45) is 5.84 Å². The summed E-state index contributed by atoms with van der Waals surface area (Å²) in [6.07, 6.45) is 4.14. The average Bonchev–Trinajstić information content (AvgIpc) is 2.81. The number of hydrogen-bond donors (Lipinski definition) is 2. The van der Waals surface area contributed by atoms with Gasteiger partial charge in [0.05, 0.1) is 28.1 Å². The van der Waals surface area contributed by atoms with Crippen molar-refractivity contribution in [1.82, 2.24) is 20.2 Å². The van der Waals surface area contributed by atoms with Gasteiger partial charge in [0.15, 0.2) is 0 Å². The zero-order chi connectivity index (χ0) is 15.4. The van der Waals surface area contributed by atoms with Crippen LogP contribution in [0.3, 0.4) is 0 Å². The summed E-state index contributed by atoms with van der Waals surface area (Å²) in [6.45, 7) is 4.84. The van der Waals surface area contributed by atoms with Crippen molar-refractivity contribution in [1.29, 1.82) is 0 Å². The van der Waals surface area contributed by atoms with Crippen LogP contribution in [0.2, 0.25) is 0 Å². The lowest BCUT2D eigenvalue weighted by Gasteiger charge is -2.17. The van der Waals surface area contributed by atoms with Crippen LogP contribution >= 0.6 is 15.9 Å². The highest BCUT2D eigenvalue weighted by atomic mass is 79.9. The molecule has 0 radical (unpaired) electrons. The van der Waals surface area contributed by atoms with E-state index in [0.717, 1.165) is 28.8 Å². The Morgan fingerprint density at radius 1 is 1.48 bits per heavy atom. The lowest BCUT2D eigenvalue weighted by atomic mass is 10.0. The van der Waals surface area contributed by atoms with Crippen LogP contribution in [0.4, 0.5) is 4.39 Å². The number of nitrogens with zero attached hydrogens (tertiary/aromatic N) is 3. The van der Waals surface area contributed by atoms with Gasteiger partial charge in [-0.25, -0.2) is 4.39 Å². The van der Waals surface area contributed by atoms with E-state index in [4.69, 9.17) is 5.84 Å². The first kappa shape index (κ1) is 16.1. The number of halogens is 2. The van der Waals surface area contributed by atoms with E-state index in [-0.39, 0.29) is 11.9 Å². The number of nitrogens with two attached hydrogens (primary N) is 1. The summed E-state index contributed by atoms with van der Waals surface area (Å²) in [5.74, 6) is 5.25. The summed E-state index contributed by atoms with van der Waals surface area (Å²) in [5.41, 5.74) is 5.19. The Bertz CT molecular complexity index is 613. The second-order valence-corrected chi connectivity index (χ2v) is 5.49. The van der Waals surface area contributed by atoms with Crippen LogP contribution in [0.5, 0.6) is 0 Å². The van der Waals surface area contributed by atoms with Gasteiger partial charge in [0.2, 0.25) is 0 Å². The third-order valence-electron chi connectivity index (χ3n) is 3.47. The number of aryl methyl sites for hydroxylation is 2. The maximum Gasteiger partial charge on any atom is 0.146 e. The molecule has 2 heterocycles. The summed E-state index contributed by atoms with van der Waals surface area (Å²) in [7, 11) is 0. The van der Waals surface area contributed by atoms with E-state index in [1.54, 1.807) is 12.3 Å². The van der Waals surface area contributed by atoms with Gasteiger partial charge in [0.25, 0.3) is 0 Å². The third-order valence-corrected chi connectivity index (χ3v) is 4.39. The van der Waals surface area contributed by atoms with Crippen LogP contribution < -0.4 is 11.3 Å². The number of nitrogens with one attached hydrogen (secondary N) is 1. The minimum atomic E-state index is -0.366. The summed E-state index contributed by atoms with van der Waals surface area (Å²) in [6, 6.07) is 1.30. The Hall–Kier alpha value is -1.31. The molecule has 114 valence electrons. The molecule has 0 bridgehead atoms. The van der Waals surface area contributed by atoms with Crippen molar-refractivity contribution < 1.29 is 4.39 Å². The van der Waals surface area contributed by atoms with Gasteiger partial charge in [-0.05, 0) is 35.3 Å². The van der Waals surface area contributed by atoms with Gasteiger partial charge in [0, 0.05) is 24.7 Å². The molecule has 0 saturated heterocycles. The highest BCUT2D eigenvalue weighted by Crippen LogP contribution is 2.27. The van der Waals surface area contributed by atoms with E-state index < -0.39 is 0 Å². The first-order chi connectivity index (χ1) is 10.1.